The molecule has 0 aliphatic carbocycles. The van der Waals surface area contributed by atoms with E-state index in [1.54, 1.807) is 0 Å². The molecule has 1 unspecified atom stereocenters. The zero-order valence-electron chi connectivity index (χ0n) is 15.5. The zero-order valence-corrected chi connectivity index (χ0v) is 15.5. The summed E-state index contributed by atoms with van der Waals surface area (Å²) >= 11 is 0. The number of pyridine rings is 1. The highest BCUT2D eigenvalue weighted by Gasteiger charge is 2.26. The van der Waals surface area contributed by atoms with Gasteiger partial charge in [0, 0.05) is 51.3 Å². The van der Waals surface area contributed by atoms with Crippen molar-refractivity contribution in [3.63, 3.8) is 0 Å². The summed E-state index contributed by atoms with van der Waals surface area (Å²) in [6, 6.07) is 8.61. The van der Waals surface area contributed by atoms with E-state index in [0.717, 1.165) is 63.7 Å². The molecule has 0 spiro atoms. The van der Waals surface area contributed by atoms with E-state index in [4.69, 9.17) is 9.47 Å². The molecular formula is C20H28N4O2. The summed E-state index contributed by atoms with van der Waals surface area (Å²) in [4.78, 5) is 7.10. The van der Waals surface area contributed by atoms with Crippen LogP contribution in [0.25, 0.3) is 0 Å². The highest BCUT2D eigenvalue weighted by Crippen LogP contribution is 2.23. The summed E-state index contributed by atoms with van der Waals surface area (Å²) in [5.74, 6) is 0.636. The second-order valence-electron chi connectivity index (χ2n) is 7.45. The number of aromatic nitrogens is 3. The second-order valence-corrected chi connectivity index (χ2v) is 7.45. The molecule has 2 aromatic heterocycles. The second kappa shape index (κ2) is 8.29. The smallest absolute Gasteiger partial charge is 0.0883 e. The Bertz CT molecular complexity index is 711. The minimum absolute atomic E-state index is 0.262. The van der Waals surface area contributed by atoms with Crippen molar-refractivity contribution in [2.45, 2.75) is 38.9 Å². The van der Waals surface area contributed by atoms with Crippen LogP contribution < -0.4 is 0 Å². The van der Waals surface area contributed by atoms with Gasteiger partial charge in [0.15, 0.2) is 0 Å². The van der Waals surface area contributed by atoms with E-state index >= 15 is 0 Å². The summed E-state index contributed by atoms with van der Waals surface area (Å²) in [5.41, 5.74) is 3.45. The number of ether oxygens (including phenoxy) is 2. The number of nitrogens with zero attached hydrogens (tertiary/aromatic N) is 4. The van der Waals surface area contributed by atoms with Crippen LogP contribution >= 0.6 is 0 Å². The number of hydrogen-bond donors (Lipinski definition) is 0. The highest BCUT2D eigenvalue weighted by atomic mass is 16.5. The molecule has 2 aromatic rings. The Morgan fingerprint density at radius 1 is 1.19 bits per heavy atom. The lowest BCUT2D eigenvalue weighted by Crippen LogP contribution is -2.39. The van der Waals surface area contributed by atoms with E-state index in [9.17, 15) is 0 Å². The van der Waals surface area contributed by atoms with Gasteiger partial charge in [-0.2, -0.15) is 5.10 Å². The van der Waals surface area contributed by atoms with Gasteiger partial charge >= 0.3 is 0 Å². The third-order valence-electron chi connectivity index (χ3n) is 5.29. The normalized spacial score (nSPS) is 21.7. The summed E-state index contributed by atoms with van der Waals surface area (Å²) in [5, 5.41) is 4.53. The first-order valence-electron chi connectivity index (χ1n) is 9.60. The summed E-state index contributed by atoms with van der Waals surface area (Å²) in [6.45, 7) is 8.05. The van der Waals surface area contributed by atoms with Crippen molar-refractivity contribution < 1.29 is 9.47 Å². The minimum atomic E-state index is 0.262. The van der Waals surface area contributed by atoms with E-state index in [2.05, 4.69) is 37.9 Å². The zero-order chi connectivity index (χ0) is 17.8. The largest absolute Gasteiger partial charge is 0.381 e. The first-order valence-corrected chi connectivity index (χ1v) is 9.60. The third kappa shape index (κ3) is 4.31. The van der Waals surface area contributed by atoms with Gasteiger partial charge in [-0.15, -0.1) is 0 Å². The highest BCUT2D eigenvalue weighted by molar-refractivity contribution is 5.11. The van der Waals surface area contributed by atoms with E-state index in [1.807, 2.05) is 19.2 Å². The SMILES string of the molecule is Cc1cccc(CN2Cc3ccnn3C(COCC3CCOCC3)C2)n1. The predicted molar refractivity (Wildman–Crippen MR) is 98.7 cm³/mol. The average molecular weight is 356 g/mol. The first-order chi connectivity index (χ1) is 12.8. The molecule has 1 fully saturated rings. The fourth-order valence-corrected chi connectivity index (χ4v) is 3.91. The van der Waals surface area contributed by atoms with Gasteiger partial charge in [0.25, 0.3) is 0 Å². The molecule has 0 N–H and O–H groups in total. The van der Waals surface area contributed by atoms with Gasteiger partial charge in [-0.3, -0.25) is 14.6 Å². The molecule has 0 aromatic carbocycles. The van der Waals surface area contributed by atoms with Crippen molar-refractivity contribution in [1.82, 2.24) is 19.7 Å². The van der Waals surface area contributed by atoms with Crippen LogP contribution in [0.4, 0.5) is 0 Å². The molecule has 4 heterocycles. The maximum atomic E-state index is 6.10. The monoisotopic (exact) mass is 356 g/mol. The van der Waals surface area contributed by atoms with E-state index in [0.29, 0.717) is 12.5 Å². The van der Waals surface area contributed by atoms with Crippen LogP contribution in [0.15, 0.2) is 30.5 Å². The van der Waals surface area contributed by atoms with Crippen molar-refractivity contribution in [2.24, 2.45) is 5.92 Å². The Labute approximate surface area is 155 Å². The van der Waals surface area contributed by atoms with E-state index in [1.165, 1.54) is 5.69 Å². The molecule has 6 heteroatoms. The van der Waals surface area contributed by atoms with Crippen LogP contribution in [0, 0.1) is 12.8 Å². The van der Waals surface area contributed by atoms with Gasteiger partial charge in [0.2, 0.25) is 0 Å². The van der Waals surface area contributed by atoms with Crippen LogP contribution in [0.2, 0.25) is 0 Å². The molecule has 0 radical (unpaired) electrons. The molecular weight excluding hydrogens is 328 g/mol. The van der Waals surface area contributed by atoms with Crippen LogP contribution in [0.5, 0.6) is 0 Å². The van der Waals surface area contributed by atoms with Crippen LogP contribution in [0.3, 0.4) is 0 Å². The van der Waals surface area contributed by atoms with Gasteiger partial charge < -0.3 is 9.47 Å². The standard InChI is InChI=1S/C20H28N4O2/c1-16-3-2-4-18(22-16)11-23-12-19-5-8-21-24(19)20(13-23)15-26-14-17-6-9-25-10-7-17/h2-5,8,17,20H,6-7,9-15H2,1H3. The average Bonchev–Trinajstić information content (AvgIpc) is 3.11. The number of rotatable bonds is 6. The molecule has 2 aliphatic rings. The summed E-state index contributed by atoms with van der Waals surface area (Å²) < 4.78 is 13.7. The predicted octanol–water partition coefficient (Wildman–Crippen LogP) is 2.59. The fraction of sp³-hybridized carbons (Fsp3) is 0.600. The molecule has 6 nitrogen and oxygen atoms in total. The first kappa shape index (κ1) is 17.6. The molecule has 26 heavy (non-hydrogen) atoms. The van der Waals surface area contributed by atoms with Crippen LogP contribution in [-0.4, -0.2) is 52.6 Å². The van der Waals surface area contributed by atoms with Crippen LogP contribution in [0.1, 0.15) is 36.0 Å². The third-order valence-corrected chi connectivity index (χ3v) is 5.29. The lowest BCUT2D eigenvalue weighted by molar-refractivity contribution is 0.00327. The molecule has 4 rings (SSSR count). The Hall–Kier alpha value is -1.76. The lowest BCUT2D eigenvalue weighted by atomic mass is 10.0. The molecule has 2 aliphatic heterocycles. The molecule has 1 atom stereocenters. The van der Waals surface area contributed by atoms with Gasteiger partial charge in [-0.1, -0.05) is 6.07 Å². The lowest BCUT2D eigenvalue weighted by Gasteiger charge is -2.34. The Balaban J connectivity index is 1.36. The van der Waals surface area contributed by atoms with E-state index < -0.39 is 0 Å². The van der Waals surface area contributed by atoms with Crippen molar-refractivity contribution in [3.05, 3.63) is 47.5 Å². The number of fused-ring (bicyclic) bond motifs is 1. The van der Waals surface area contributed by atoms with Crippen molar-refractivity contribution in [3.8, 4) is 0 Å². The van der Waals surface area contributed by atoms with Gasteiger partial charge in [0.1, 0.15) is 0 Å². The van der Waals surface area contributed by atoms with Crippen molar-refractivity contribution in [2.75, 3.05) is 33.0 Å². The molecule has 0 bridgehead atoms. The Morgan fingerprint density at radius 2 is 2.08 bits per heavy atom. The summed E-state index contributed by atoms with van der Waals surface area (Å²) in [7, 11) is 0. The van der Waals surface area contributed by atoms with Gasteiger partial charge in [-0.05, 0) is 43.9 Å². The van der Waals surface area contributed by atoms with Crippen molar-refractivity contribution in [1.29, 1.82) is 0 Å². The maximum Gasteiger partial charge on any atom is 0.0883 e. The Kier molecular flexibility index (Phi) is 5.62. The molecule has 0 saturated carbocycles. The van der Waals surface area contributed by atoms with Crippen LogP contribution in [-0.2, 0) is 22.6 Å². The molecule has 1 saturated heterocycles. The minimum Gasteiger partial charge on any atom is -0.381 e. The van der Waals surface area contributed by atoms with Gasteiger partial charge in [0.05, 0.1) is 24.0 Å². The molecule has 140 valence electrons. The fourth-order valence-electron chi connectivity index (χ4n) is 3.91. The number of hydrogen-bond acceptors (Lipinski definition) is 5. The quantitative estimate of drug-likeness (QED) is 0.796. The van der Waals surface area contributed by atoms with E-state index in [-0.39, 0.29) is 6.04 Å². The molecule has 0 amide bonds. The summed E-state index contributed by atoms with van der Waals surface area (Å²) in [6.07, 6.45) is 4.13. The topological polar surface area (TPSA) is 52.4 Å². The van der Waals surface area contributed by atoms with Crippen molar-refractivity contribution >= 4 is 0 Å². The van der Waals surface area contributed by atoms with Gasteiger partial charge in [-0.25, -0.2) is 0 Å². The Morgan fingerprint density at radius 3 is 2.92 bits per heavy atom. The number of aryl methyl sites for hydroxylation is 1. The maximum absolute atomic E-state index is 6.10.